The van der Waals surface area contributed by atoms with Crippen LogP contribution in [0, 0.1) is 12.8 Å². The number of likely N-dealkylation sites (tertiary alicyclic amines) is 2. The monoisotopic (exact) mass is 409 g/mol. The summed E-state index contributed by atoms with van der Waals surface area (Å²) in [5.74, 6) is 0.0185. The van der Waals surface area contributed by atoms with Crippen molar-refractivity contribution in [3.63, 3.8) is 0 Å². The number of amides is 2. The van der Waals surface area contributed by atoms with Gasteiger partial charge in [0.15, 0.2) is 0 Å². The van der Waals surface area contributed by atoms with Gasteiger partial charge < -0.3 is 9.80 Å². The standard InChI is InChI=1S/C23H27N3O2S/c1-17-2-4-20(5-3-17)29-21-8-12-25(13-9-21)23(28)19-14-22(27)26(16-19)15-18-6-10-24-11-7-18/h2-7,10-11,19,21H,8-9,12-16H2,1H3. The molecule has 0 radical (unpaired) electrons. The smallest absolute Gasteiger partial charge is 0.227 e. The summed E-state index contributed by atoms with van der Waals surface area (Å²) < 4.78 is 0. The lowest BCUT2D eigenvalue weighted by atomic mass is 10.0. The lowest BCUT2D eigenvalue weighted by Gasteiger charge is -2.33. The Kier molecular flexibility index (Phi) is 6.19. The molecule has 2 amide bonds. The zero-order valence-electron chi connectivity index (χ0n) is 16.8. The van der Waals surface area contributed by atoms with E-state index >= 15 is 0 Å². The van der Waals surface area contributed by atoms with Gasteiger partial charge in [-0.15, -0.1) is 11.8 Å². The van der Waals surface area contributed by atoms with Crippen molar-refractivity contribution >= 4 is 23.6 Å². The highest BCUT2D eigenvalue weighted by molar-refractivity contribution is 8.00. The van der Waals surface area contributed by atoms with E-state index in [1.807, 2.05) is 28.8 Å². The zero-order valence-corrected chi connectivity index (χ0v) is 17.6. The molecule has 2 aliphatic heterocycles. The minimum Gasteiger partial charge on any atom is -0.342 e. The summed E-state index contributed by atoms with van der Waals surface area (Å²) >= 11 is 1.92. The van der Waals surface area contributed by atoms with E-state index in [0.29, 0.717) is 24.8 Å². The first-order chi connectivity index (χ1) is 14.1. The molecular weight excluding hydrogens is 382 g/mol. The minimum absolute atomic E-state index is 0.0741. The van der Waals surface area contributed by atoms with Crippen LogP contribution in [-0.4, -0.2) is 51.5 Å². The minimum atomic E-state index is -0.203. The van der Waals surface area contributed by atoms with Crippen LogP contribution in [0.15, 0.2) is 53.7 Å². The molecule has 1 atom stereocenters. The molecule has 1 unspecified atom stereocenters. The second-order valence-electron chi connectivity index (χ2n) is 7.99. The van der Waals surface area contributed by atoms with E-state index in [0.717, 1.165) is 31.5 Å². The first-order valence-electron chi connectivity index (χ1n) is 10.3. The number of carbonyl (C=O) groups excluding carboxylic acids is 2. The van der Waals surface area contributed by atoms with Crippen molar-refractivity contribution in [1.29, 1.82) is 0 Å². The number of hydrogen-bond donors (Lipinski definition) is 0. The van der Waals surface area contributed by atoms with Gasteiger partial charge in [-0.25, -0.2) is 0 Å². The fourth-order valence-corrected chi connectivity index (χ4v) is 5.19. The third kappa shape index (κ3) is 4.99. The molecule has 152 valence electrons. The van der Waals surface area contributed by atoms with Crippen LogP contribution in [0.1, 0.15) is 30.4 Å². The average molecular weight is 410 g/mol. The first kappa shape index (κ1) is 20.0. The molecule has 0 saturated carbocycles. The summed E-state index contributed by atoms with van der Waals surface area (Å²) in [6.07, 6.45) is 5.81. The normalized spacial score (nSPS) is 20.3. The number of aryl methyl sites for hydroxylation is 1. The number of benzene rings is 1. The second-order valence-corrected chi connectivity index (χ2v) is 9.36. The first-order valence-corrected chi connectivity index (χ1v) is 11.2. The van der Waals surface area contributed by atoms with Crippen LogP contribution in [0.3, 0.4) is 0 Å². The molecule has 2 saturated heterocycles. The largest absolute Gasteiger partial charge is 0.342 e. The summed E-state index contributed by atoms with van der Waals surface area (Å²) in [7, 11) is 0. The number of aromatic nitrogens is 1. The number of rotatable bonds is 5. The third-order valence-electron chi connectivity index (χ3n) is 5.76. The Bertz CT molecular complexity index is 848. The number of pyridine rings is 1. The molecule has 2 aromatic rings. The molecule has 1 aromatic carbocycles. The fraction of sp³-hybridized carbons (Fsp3) is 0.435. The van der Waals surface area contributed by atoms with Gasteiger partial charge in [-0.2, -0.15) is 0 Å². The average Bonchev–Trinajstić information content (AvgIpc) is 3.11. The predicted octanol–water partition coefficient (Wildman–Crippen LogP) is 3.52. The molecule has 0 bridgehead atoms. The molecule has 0 aliphatic carbocycles. The number of thioether (sulfide) groups is 1. The molecule has 0 spiro atoms. The molecule has 2 fully saturated rings. The van der Waals surface area contributed by atoms with E-state index in [1.165, 1.54) is 10.5 Å². The maximum atomic E-state index is 13.0. The van der Waals surface area contributed by atoms with Crippen molar-refractivity contribution < 1.29 is 9.59 Å². The van der Waals surface area contributed by atoms with Crippen LogP contribution < -0.4 is 0 Å². The highest BCUT2D eigenvalue weighted by Gasteiger charge is 2.37. The Labute approximate surface area is 176 Å². The van der Waals surface area contributed by atoms with E-state index in [9.17, 15) is 9.59 Å². The highest BCUT2D eigenvalue weighted by atomic mass is 32.2. The summed E-state index contributed by atoms with van der Waals surface area (Å²) in [5.41, 5.74) is 2.33. The van der Waals surface area contributed by atoms with E-state index < -0.39 is 0 Å². The summed E-state index contributed by atoms with van der Waals surface area (Å²) in [4.78, 5) is 34.5. The van der Waals surface area contributed by atoms with Crippen LogP contribution in [0.25, 0.3) is 0 Å². The van der Waals surface area contributed by atoms with Crippen molar-refractivity contribution in [3.05, 3.63) is 59.9 Å². The van der Waals surface area contributed by atoms with Crippen LogP contribution in [0.2, 0.25) is 0 Å². The molecular formula is C23H27N3O2S. The van der Waals surface area contributed by atoms with Gasteiger partial charge >= 0.3 is 0 Å². The van der Waals surface area contributed by atoms with E-state index in [-0.39, 0.29) is 17.7 Å². The van der Waals surface area contributed by atoms with E-state index in [2.05, 4.69) is 36.2 Å². The van der Waals surface area contributed by atoms with Gasteiger partial charge in [-0.1, -0.05) is 17.7 Å². The SMILES string of the molecule is Cc1ccc(SC2CCN(C(=O)C3CC(=O)N(Cc4ccncc4)C3)CC2)cc1. The summed E-state index contributed by atoms with van der Waals surface area (Å²) in [6.45, 7) is 4.76. The zero-order chi connectivity index (χ0) is 20.2. The number of nitrogens with zero attached hydrogens (tertiary/aromatic N) is 3. The molecule has 0 N–H and O–H groups in total. The third-order valence-corrected chi connectivity index (χ3v) is 7.11. The number of piperidine rings is 1. The molecule has 3 heterocycles. The van der Waals surface area contributed by atoms with Crippen LogP contribution in [0.5, 0.6) is 0 Å². The molecule has 5 nitrogen and oxygen atoms in total. The predicted molar refractivity (Wildman–Crippen MR) is 114 cm³/mol. The summed E-state index contributed by atoms with van der Waals surface area (Å²) in [5, 5.41) is 0.551. The Hall–Kier alpha value is -2.34. The van der Waals surface area contributed by atoms with Crippen molar-refractivity contribution in [2.24, 2.45) is 5.92 Å². The topological polar surface area (TPSA) is 53.5 Å². The van der Waals surface area contributed by atoms with Crippen LogP contribution >= 0.6 is 11.8 Å². The van der Waals surface area contributed by atoms with Crippen LogP contribution in [0.4, 0.5) is 0 Å². The van der Waals surface area contributed by atoms with Crippen molar-refractivity contribution in [2.75, 3.05) is 19.6 Å². The van der Waals surface area contributed by atoms with Gasteiger partial charge in [0.2, 0.25) is 11.8 Å². The molecule has 6 heteroatoms. The molecule has 29 heavy (non-hydrogen) atoms. The van der Waals surface area contributed by atoms with Gasteiger partial charge in [0.05, 0.1) is 5.92 Å². The fourth-order valence-electron chi connectivity index (χ4n) is 4.06. The molecule has 1 aromatic heterocycles. The second kappa shape index (κ2) is 8.99. The maximum absolute atomic E-state index is 13.0. The Balaban J connectivity index is 1.27. The van der Waals surface area contributed by atoms with Gasteiger partial charge in [-0.3, -0.25) is 14.6 Å². The lowest BCUT2D eigenvalue weighted by molar-refractivity contribution is -0.136. The Morgan fingerprint density at radius 2 is 1.79 bits per heavy atom. The maximum Gasteiger partial charge on any atom is 0.227 e. The van der Waals surface area contributed by atoms with Gasteiger partial charge in [-0.05, 0) is 49.6 Å². The van der Waals surface area contributed by atoms with Crippen LogP contribution in [-0.2, 0) is 16.1 Å². The number of hydrogen-bond acceptors (Lipinski definition) is 4. The molecule has 4 rings (SSSR count). The van der Waals surface area contributed by atoms with E-state index in [4.69, 9.17) is 0 Å². The number of carbonyl (C=O) groups is 2. The lowest BCUT2D eigenvalue weighted by Crippen LogP contribution is -2.43. The van der Waals surface area contributed by atoms with E-state index in [1.54, 1.807) is 17.3 Å². The Morgan fingerprint density at radius 3 is 2.48 bits per heavy atom. The van der Waals surface area contributed by atoms with Gasteiger partial charge in [0, 0.05) is 55.1 Å². The Morgan fingerprint density at radius 1 is 1.10 bits per heavy atom. The van der Waals surface area contributed by atoms with Crippen molar-refractivity contribution in [2.45, 2.75) is 42.9 Å². The molecule has 2 aliphatic rings. The van der Waals surface area contributed by atoms with Crippen molar-refractivity contribution in [1.82, 2.24) is 14.8 Å². The van der Waals surface area contributed by atoms with Gasteiger partial charge in [0.1, 0.15) is 0 Å². The van der Waals surface area contributed by atoms with Gasteiger partial charge in [0.25, 0.3) is 0 Å². The summed E-state index contributed by atoms with van der Waals surface area (Å²) in [6, 6.07) is 12.5. The van der Waals surface area contributed by atoms with Crippen molar-refractivity contribution in [3.8, 4) is 0 Å². The quantitative estimate of drug-likeness (QED) is 0.758. The highest BCUT2D eigenvalue weighted by Crippen LogP contribution is 2.31.